The van der Waals surface area contributed by atoms with Gasteiger partial charge in [0.2, 0.25) is 0 Å². The fraction of sp³-hybridized carbons (Fsp3) is 0.300. The van der Waals surface area contributed by atoms with Gasteiger partial charge in [-0.3, -0.25) is 4.79 Å². The summed E-state index contributed by atoms with van der Waals surface area (Å²) in [6.07, 6.45) is 1.75. The molecule has 0 bridgehead atoms. The van der Waals surface area contributed by atoms with E-state index in [1.165, 1.54) is 11.1 Å². The van der Waals surface area contributed by atoms with Crippen molar-refractivity contribution in [3.63, 3.8) is 0 Å². The van der Waals surface area contributed by atoms with Crippen molar-refractivity contribution in [3.8, 4) is 0 Å². The molecule has 0 saturated carbocycles. The first kappa shape index (κ1) is 17.7. The molecular formula is C20H25N3O. The number of anilines is 1. The molecule has 0 aliphatic rings. The molecule has 0 fully saturated rings. The maximum atomic E-state index is 11.9. The summed E-state index contributed by atoms with van der Waals surface area (Å²) in [6.45, 7) is 8.39. The minimum Gasteiger partial charge on any atom is -0.376 e. The second-order valence-corrected chi connectivity index (χ2v) is 6.14. The number of hydrogen-bond donors (Lipinski definition) is 2. The average Bonchev–Trinajstić information content (AvgIpc) is 2.54. The third kappa shape index (κ3) is 4.95. The van der Waals surface area contributed by atoms with Gasteiger partial charge in [-0.15, -0.1) is 0 Å². The number of hydrazone groups is 1. The van der Waals surface area contributed by atoms with Crippen LogP contribution in [-0.2, 0) is 4.79 Å². The van der Waals surface area contributed by atoms with Crippen LogP contribution < -0.4 is 10.7 Å². The molecule has 1 atom stereocenters. The lowest BCUT2D eigenvalue weighted by Crippen LogP contribution is -2.26. The molecule has 0 heterocycles. The largest absolute Gasteiger partial charge is 0.376 e. The number of carbonyl (C=O) groups is 1. The highest BCUT2D eigenvalue weighted by atomic mass is 16.2. The minimum absolute atomic E-state index is 0.154. The number of aryl methyl sites for hydroxylation is 3. The number of carbonyl (C=O) groups excluding carboxylic acids is 1. The summed E-state index contributed by atoms with van der Waals surface area (Å²) in [7, 11) is 0. The van der Waals surface area contributed by atoms with E-state index in [0.29, 0.717) is 0 Å². The second kappa shape index (κ2) is 8.29. The standard InChI is InChI=1S/C20H25N3O/c1-14-10-15(2)20(16(3)11-14)21-13-19(24)23-22-12-17(4)18-8-6-5-7-9-18/h5-12,17,21H,13H2,1-4H3,(H,23,24)/b22-12-/t17-/m0/s1. The Morgan fingerprint density at radius 2 is 1.75 bits per heavy atom. The van der Waals surface area contributed by atoms with Gasteiger partial charge in [-0.1, -0.05) is 55.0 Å². The molecule has 0 aliphatic carbocycles. The number of rotatable bonds is 6. The average molecular weight is 323 g/mol. The van der Waals surface area contributed by atoms with Crippen molar-refractivity contribution in [3.05, 3.63) is 64.7 Å². The molecule has 1 amide bonds. The summed E-state index contributed by atoms with van der Waals surface area (Å²) in [5.74, 6) is -0.00747. The number of hydrogen-bond acceptors (Lipinski definition) is 3. The fourth-order valence-corrected chi connectivity index (χ4v) is 2.73. The van der Waals surface area contributed by atoms with Crippen LogP contribution in [-0.4, -0.2) is 18.7 Å². The molecule has 0 radical (unpaired) electrons. The van der Waals surface area contributed by atoms with Crippen molar-refractivity contribution in [2.75, 3.05) is 11.9 Å². The summed E-state index contributed by atoms with van der Waals surface area (Å²) in [5.41, 5.74) is 8.25. The molecule has 0 aliphatic heterocycles. The number of nitrogens with one attached hydrogen (secondary N) is 2. The van der Waals surface area contributed by atoms with Gasteiger partial charge in [0.05, 0.1) is 6.54 Å². The maximum absolute atomic E-state index is 11.9. The van der Waals surface area contributed by atoms with E-state index in [1.54, 1.807) is 6.21 Å². The maximum Gasteiger partial charge on any atom is 0.259 e. The van der Waals surface area contributed by atoms with Crippen LogP contribution in [0.1, 0.15) is 35.1 Å². The fourth-order valence-electron chi connectivity index (χ4n) is 2.73. The summed E-state index contributed by atoms with van der Waals surface area (Å²) in [6, 6.07) is 14.3. The molecule has 0 aromatic heterocycles. The summed E-state index contributed by atoms with van der Waals surface area (Å²) >= 11 is 0. The molecule has 126 valence electrons. The van der Waals surface area contributed by atoms with Gasteiger partial charge in [0, 0.05) is 17.8 Å². The van der Waals surface area contributed by atoms with Crippen LogP contribution in [0.25, 0.3) is 0 Å². The highest BCUT2D eigenvalue weighted by molar-refractivity contribution is 5.82. The Bertz CT molecular complexity index is 700. The molecular weight excluding hydrogens is 298 g/mol. The molecule has 0 unspecified atom stereocenters. The molecule has 4 nitrogen and oxygen atoms in total. The number of benzene rings is 2. The monoisotopic (exact) mass is 323 g/mol. The Kier molecular flexibility index (Phi) is 6.13. The van der Waals surface area contributed by atoms with Gasteiger partial charge in [0.15, 0.2) is 0 Å². The molecule has 0 saturated heterocycles. The van der Waals surface area contributed by atoms with Crippen LogP contribution in [0.2, 0.25) is 0 Å². The second-order valence-electron chi connectivity index (χ2n) is 6.14. The molecule has 2 aromatic carbocycles. The summed E-state index contributed by atoms with van der Waals surface area (Å²) in [4.78, 5) is 11.9. The van der Waals surface area contributed by atoms with Crippen LogP contribution in [0.5, 0.6) is 0 Å². The highest BCUT2D eigenvalue weighted by Crippen LogP contribution is 2.21. The lowest BCUT2D eigenvalue weighted by molar-refractivity contribution is -0.119. The Morgan fingerprint density at radius 1 is 1.12 bits per heavy atom. The molecule has 2 N–H and O–H groups in total. The topological polar surface area (TPSA) is 53.5 Å². The Labute approximate surface area is 144 Å². The highest BCUT2D eigenvalue weighted by Gasteiger charge is 2.06. The van der Waals surface area contributed by atoms with Gasteiger partial charge in [-0.25, -0.2) is 5.43 Å². The zero-order valence-electron chi connectivity index (χ0n) is 14.8. The van der Waals surface area contributed by atoms with Crippen molar-refractivity contribution in [1.82, 2.24) is 5.43 Å². The summed E-state index contributed by atoms with van der Waals surface area (Å²) < 4.78 is 0. The molecule has 24 heavy (non-hydrogen) atoms. The van der Waals surface area contributed by atoms with Crippen LogP contribution in [0, 0.1) is 20.8 Å². The van der Waals surface area contributed by atoms with Crippen molar-refractivity contribution < 1.29 is 4.79 Å². The Hall–Kier alpha value is -2.62. The zero-order valence-corrected chi connectivity index (χ0v) is 14.8. The lowest BCUT2D eigenvalue weighted by atomic mass is 10.0. The van der Waals surface area contributed by atoms with E-state index in [4.69, 9.17) is 0 Å². The zero-order chi connectivity index (χ0) is 17.5. The quantitative estimate of drug-likeness (QED) is 0.625. The first-order valence-electron chi connectivity index (χ1n) is 8.16. The normalized spacial score (nSPS) is 12.2. The van der Waals surface area contributed by atoms with Gasteiger partial charge < -0.3 is 5.32 Å². The van der Waals surface area contributed by atoms with Crippen molar-refractivity contribution in [2.45, 2.75) is 33.6 Å². The summed E-state index contributed by atoms with van der Waals surface area (Å²) in [5, 5.41) is 7.25. The van der Waals surface area contributed by atoms with Gasteiger partial charge in [-0.05, 0) is 37.5 Å². The third-order valence-electron chi connectivity index (χ3n) is 3.92. The molecule has 0 spiro atoms. The number of amides is 1. The lowest BCUT2D eigenvalue weighted by Gasteiger charge is -2.13. The first-order chi connectivity index (χ1) is 11.5. The minimum atomic E-state index is -0.161. The molecule has 2 rings (SSSR count). The predicted octanol–water partition coefficient (Wildman–Crippen LogP) is 3.93. The Balaban J connectivity index is 1.85. The van der Waals surface area contributed by atoms with E-state index >= 15 is 0 Å². The molecule has 4 heteroatoms. The van der Waals surface area contributed by atoms with Crippen molar-refractivity contribution in [1.29, 1.82) is 0 Å². The molecule has 2 aromatic rings. The van der Waals surface area contributed by atoms with Crippen LogP contribution in [0.3, 0.4) is 0 Å². The van der Waals surface area contributed by atoms with Crippen molar-refractivity contribution >= 4 is 17.8 Å². The van der Waals surface area contributed by atoms with E-state index in [2.05, 4.69) is 34.9 Å². The van der Waals surface area contributed by atoms with Crippen LogP contribution in [0.15, 0.2) is 47.6 Å². The third-order valence-corrected chi connectivity index (χ3v) is 3.92. The Morgan fingerprint density at radius 3 is 2.38 bits per heavy atom. The van der Waals surface area contributed by atoms with E-state index < -0.39 is 0 Å². The van der Waals surface area contributed by atoms with E-state index in [1.807, 2.05) is 51.1 Å². The van der Waals surface area contributed by atoms with Gasteiger partial charge in [-0.2, -0.15) is 5.10 Å². The smallest absolute Gasteiger partial charge is 0.259 e. The van der Waals surface area contributed by atoms with Crippen LogP contribution in [0.4, 0.5) is 5.69 Å². The van der Waals surface area contributed by atoms with Crippen LogP contribution >= 0.6 is 0 Å². The van der Waals surface area contributed by atoms with Gasteiger partial charge >= 0.3 is 0 Å². The van der Waals surface area contributed by atoms with E-state index in [-0.39, 0.29) is 18.4 Å². The van der Waals surface area contributed by atoms with E-state index in [9.17, 15) is 4.79 Å². The predicted molar refractivity (Wildman–Crippen MR) is 101 cm³/mol. The van der Waals surface area contributed by atoms with Gasteiger partial charge in [0.25, 0.3) is 5.91 Å². The van der Waals surface area contributed by atoms with E-state index in [0.717, 1.165) is 16.8 Å². The van der Waals surface area contributed by atoms with Gasteiger partial charge in [0.1, 0.15) is 0 Å². The SMILES string of the molecule is Cc1cc(C)c(NCC(=O)N/N=C\[C@H](C)c2ccccc2)c(C)c1. The number of nitrogens with zero attached hydrogens (tertiary/aromatic N) is 1. The first-order valence-corrected chi connectivity index (χ1v) is 8.16. The van der Waals surface area contributed by atoms with Crippen molar-refractivity contribution in [2.24, 2.45) is 5.10 Å².